The van der Waals surface area contributed by atoms with Crippen LogP contribution in [0.4, 0.5) is 0 Å². The van der Waals surface area contributed by atoms with Crippen molar-refractivity contribution >= 4 is 40.0 Å². The van der Waals surface area contributed by atoms with Gasteiger partial charge in [0.25, 0.3) is 5.56 Å². The molecule has 0 spiro atoms. The van der Waals surface area contributed by atoms with Gasteiger partial charge in [0.05, 0.1) is 16.9 Å². The summed E-state index contributed by atoms with van der Waals surface area (Å²) < 4.78 is 7.95. The average molecular weight is 450 g/mol. The van der Waals surface area contributed by atoms with Gasteiger partial charge in [0.2, 0.25) is 5.91 Å². The van der Waals surface area contributed by atoms with Crippen molar-refractivity contribution in [3.05, 3.63) is 75.5 Å². The van der Waals surface area contributed by atoms with Gasteiger partial charge in [0.1, 0.15) is 11.3 Å². The number of furan rings is 1. The van der Waals surface area contributed by atoms with Crippen LogP contribution in [0.25, 0.3) is 21.9 Å². The molecule has 2 aromatic heterocycles. The minimum atomic E-state index is -0.135. The van der Waals surface area contributed by atoms with E-state index < -0.39 is 0 Å². The Morgan fingerprint density at radius 2 is 1.88 bits per heavy atom. The number of hydrogen-bond donors (Lipinski definition) is 1. The van der Waals surface area contributed by atoms with Gasteiger partial charge in [-0.15, -0.1) is 0 Å². The van der Waals surface area contributed by atoms with Crippen LogP contribution in [-0.2, 0) is 11.3 Å². The number of nitrogens with one attached hydrogen (secondary N) is 1. The molecule has 0 aliphatic rings. The van der Waals surface area contributed by atoms with Gasteiger partial charge >= 0.3 is 0 Å². The van der Waals surface area contributed by atoms with E-state index in [2.05, 4.69) is 4.98 Å². The Bertz CT molecular complexity index is 1340. The Balaban J connectivity index is 1.29. The number of amides is 1. The fourth-order valence-corrected chi connectivity index (χ4v) is 4.20. The quantitative estimate of drug-likeness (QED) is 0.281. The highest BCUT2D eigenvalue weighted by atomic mass is 32.1. The lowest BCUT2D eigenvalue weighted by molar-refractivity contribution is -0.132. The topological polar surface area (TPSA) is 71.2 Å². The zero-order valence-corrected chi connectivity index (χ0v) is 19.2. The molecule has 0 saturated carbocycles. The number of fused-ring (bicyclic) bond motifs is 2. The zero-order chi connectivity index (χ0) is 22.7. The molecule has 0 aliphatic heterocycles. The van der Waals surface area contributed by atoms with E-state index in [9.17, 15) is 9.59 Å². The second kappa shape index (κ2) is 9.53. The average Bonchev–Trinajstić information content (AvgIpc) is 3.24. The Kier molecular flexibility index (Phi) is 6.55. The molecule has 4 aromatic rings. The van der Waals surface area contributed by atoms with Crippen molar-refractivity contribution in [1.29, 1.82) is 0 Å². The first-order valence-electron chi connectivity index (χ1n) is 10.9. The van der Waals surface area contributed by atoms with Gasteiger partial charge in [-0.05, 0) is 56.2 Å². The molecular weight excluding hydrogens is 422 g/mol. The van der Waals surface area contributed by atoms with Crippen molar-refractivity contribution in [2.45, 2.75) is 45.2 Å². The predicted octanol–water partition coefficient (Wildman–Crippen LogP) is 5.59. The first kappa shape index (κ1) is 22.0. The second-order valence-corrected chi connectivity index (χ2v) is 8.50. The van der Waals surface area contributed by atoms with Crippen molar-refractivity contribution in [2.75, 3.05) is 7.05 Å². The van der Waals surface area contributed by atoms with Gasteiger partial charge < -0.3 is 14.3 Å². The van der Waals surface area contributed by atoms with Crippen LogP contribution in [0.2, 0.25) is 0 Å². The minimum absolute atomic E-state index is 0.0696. The summed E-state index contributed by atoms with van der Waals surface area (Å²) in [6.07, 6.45) is 2.84. The van der Waals surface area contributed by atoms with Gasteiger partial charge in [0, 0.05) is 25.4 Å². The van der Waals surface area contributed by atoms with Gasteiger partial charge in [-0.1, -0.05) is 36.8 Å². The maximum Gasteiger partial charge on any atom is 0.262 e. The van der Waals surface area contributed by atoms with Crippen LogP contribution in [-0.4, -0.2) is 27.4 Å². The molecular formula is C25H27N3O3S. The smallest absolute Gasteiger partial charge is 0.262 e. The standard InChI is InChI=1S/C25H27N3O3S/c1-17(22-16-18-10-5-8-13-21(18)31-22)27(2)23(29)14-4-3-9-15-28-24(30)19-11-6-7-12-20(19)26-25(28)32/h5-8,10-13,16-17H,3-4,9,14-15H2,1-2H3,(H,26,32). The highest BCUT2D eigenvalue weighted by Gasteiger charge is 2.20. The Morgan fingerprint density at radius 1 is 1.12 bits per heavy atom. The summed E-state index contributed by atoms with van der Waals surface area (Å²) in [4.78, 5) is 30.2. The second-order valence-electron chi connectivity index (χ2n) is 8.11. The first-order chi connectivity index (χ1) is 15.5. The summed E-state index contributed by atoms with van der Waals surface area (Å²) in [5.74, 6) is 0.866. The van der Waals surface area contributed by atoms with E-state index in [1.54, 1.807) is 15.5 Å². The molecule has 6 nitrogen and oxygen atoms in total. The molecule has 166 valence electrons. The van der Waals surface area contributed by atoms with Crippen LogP contribution in [0, 0.1) is 4.77 Å². The third-order valence-corrected chi connectivity index (χ3v) is 6.31. The molecule has 0 bridgehead atoms. The van der Waals surface area contributed by atoms with E-state index in [0.29, 0.717) is 23.1 Å². The molecule has 0 aliphatic carbocycles. The summed E-state index contributed by atoms with van der Waals surface area (Å²) in [5.41, 5.74) is 1.52. The fourth-order valence-electron chi connectivity index (χ4n) is 3.92. The molecule has 1 N–H and O–H groups in total. The number of carbonyl (C=O) groups excluding carboxylic acids is 1. The van der Waals surface area contributed by atoms with Gasteiger partial charge in [-0.2, -0.15) is 0 Å². The molecule has 7 heteroatoms. The van der Waals surface area contributed by atoms with Gasteiger partial charge in [-0.3, -0.25) is 14.2 Å². The summed E-state index contributed by atoms with van der Waals surface area (Å²) in [5, 5.41) is 1.68. The lowest BCUT2D eigenvalue weighted by atomic mass is 10.1. The van der Waals surface area contributed by atoms with Crippen LogP contribution < -0.4 is 5.56 Å². The normalized spacial score (nSPS) is 12.3. The van der Waals surface area contributed by atoms with Crippen LogP contribution >= 0.6 is 12.2 Å². The minimum Gasteiger partial charge on any atom is -0.459 e. The van der Waals surface area contributed by atoms with E-state index in [0.717, 1.165) is 41.5 Å². The number of carbonyl (C=O) groups is 1. The third-order valence-electron chi connectivity index (χ3n) is 5.99. The summed E-state index contributed by atoms with van der Waals surface area (Å²) >= 11 is 5.36. The Labute approximate surface area is 191 Å². The van der Waals surface area contributed by atoms with Crippen molar-refractivity contribution < 1.29 is 9.21 Å². The molecule has 2 aromatic carbocycles. The number of H-pyrrole nitrogens is 1. The highest BCUT2D eigenvalue weighted by Crippen LogP contribution is 2.27. The number of benzene rings is 2. The zero-order valence-electron chi connectivity index (χ0n) is 18.3. The van der Waals surface area contributed by atoms with Crippen LogP contribution in [0.5, 0.6) is 0 Å². The monoisotopic (exact) mass is 449 g/mol. The Hall–Kier alpha value is -3.19. The van der Waals surface area contributed by atoms with Crippen molar-refractivity contribution in [3.8, 4) is 0 Å². The molecule has 1 atom stereocenters. The lowest BCUT2D eigenvalue weighted by Crippen LogP contribution is -2.29. The molecule has 0 radical (unpaired) electrons. The Morgan fingerprint density at radius 3 is 2.69 bits per heavy atom. The summed E-state index contributed by atoms with van der Waals surface area (Å²) in [6.45, 7) is 2.52. The molecule has 0 fully saturated rings. The number of aromatic amines is 1. The van der Waals surface area contributed by atoms with E-state index in [1.807, 2.05) is 62.5 Å². The largest absolute Gasteiger partial charge is 0.459 e. The van der Waals surface area contributed by atoms with Gasteiger partial charge in [-0.25, -0.2) is 0 Å². The molecule has 2 heterocycles. The number of hydrogen-bond acceptors (Lipinski definition) is 4. The number of nitrogens with zero attached hydrogens (tertiary/aromatic N) is 2. The number of unbranched alkanes of at least 4 members (excludes halogenated alkanes) is 2. The molecule has 1 amide bonds. The van der Waals surface area contributed by atoms with E-state index in [4.69, 9.17) is 16.6 Å². The predicted molar refractivity (Wildman–Crippen MR) is 129 cm³/mol. The molecule has 32 heavy (non-hydrogen) atoms. The van der Waals surface area contributed by atoms with Gasteiger partial charge in [0.15, 0.2) is 4.77 Å². The van der Waals surface area contributed by atoms with Crippen LogP contribution in [0.15, 0.2) is 63.8 Å². The van der Waals surface area contributed by atoms with Crippen LogP contribution in [0.3, 0.4) is 0 Å². The summed E-state index contributed by atoms with van der Waals surface area (Å²) in [7, 11) is 1.81. The number of rotatable bonds is 8. The SMILES string of the molecule is CC(c1cc2ccccc2o1)N(C)C(=O)CCCCCn1c(=S)[nH]c2ccccc2c1=O. The first-order valence-corrected chi connectivity index (χ1v) is 11.3. The highest BCUT2D eigenvalue weighted by molar-refractivity contribution is 7.71. The maximum absolute atomic E-state index is 12.7. The maximum atomic E-state index is 12.7. The number of aromatic nitrogens is 2. The van der Waals surface area contributed by atoms with Crippen molar-refractivity contribution in [1.82, 2.24) is 14.5 Å². The van der Waals surface area contributed by atoms with Crippen molar-refractivity contribution in [2.24, 2.45) is 0 Å². The number of para-hydroxylation sites is 2. The molecule has 1 unspecified atom stereocenters. The molecule has 4 rings (SSSR count). The fraction of sp³-hybridized carbons (Fsp3) is 0.320. The van der Waals surface area contributed by atoms with E-state index in [1.165, 1.54) is 0 Å². The molecule has 0 saturated heterocycles. The van der Waals surface area contributed by atoms with Crippen LogP contribution in [0.1, 0.15) is 44.4 Å². The lowest BCUT2D eigenvalue weighted by Gasteiger charge is -2.23. The summed E-state index contributed by atoms with van der Waals surface area (Å²) in [6, 6.07) is 17.1. The van der Waals surface area contributed by atoms with E-state index in [-0.39, 0.29) is 17.5 Å². The van der Waals surface area contributed by atoms with Crippen molar-refractivity contribution in [3.63, 3.8) is 0 Å². The third kappa shape index (κ3) is 4.53. The van der Waals surface area contributed by atoms with E-state index >= 15 is 0 Å².